The quantitative estimate of drug-likeness (QED) is 0.685. The molecule has 0 aliphatic carbocycles. The van der Waals surface area contributed by atoms with E-state index in [0.717, 1.165) is 11.3 Å². The fourth-order valence-corrected chi connectivity index (χ4v) is 1.46. The molecule has 18 heavy (non-hydrogen) atoms. The molecular formula is C14H20N2O2. The average molecular weight is 248 g/mol. The van der Waals surface area contributed by atoms with Gasteiger partial charge < -0.3 is 15.4 Å². The third-order valence-electron chi connectivity index (χ3n) is 2.41. The number of amides is 1. The van der Waals surface area contributed by atoms with E-state index in [0.29, 0.717) is 26.1 Å². The molecule has 1 rings (SSSR count). The molecule has 0 aromatic heterocycles. The van der Waals surface area contributed by atoms with Gasteiger partial charge in [0.25, 0.3) is 0 Å². The number of hydrogen-bond donors (Lipinski definition) is 2. The second-order valence-electron chi connectivity index (χ2n) is 3.84. The topological polar surface area (TPSA) is 50.4 Å². The predicted octanol–water partition coefficient (Wildman–Crippen LogP) is 1.48. The second kappa shape index (κ2) is 8.31. The van der Waals surface area contributed by atoms with Gasteiger partial charge in [0.1, 0.15) is 12.4 Å². The number of ether oxygens (including phenoxy) is 1. The van der Waals surface area contributed by atoms with Crippen molar-refractivity contribution in [1.82, 2.24) is 10.6 Å². The van der Waals surface area contributed by atoms with E-state index in [1.165, 1.54) is 0 Å². The minimum atomic E-state index is 0.0304. The summed E-state index contributed by atoms with van der Waals surface area (Å²) in [6, 6.07) is 7.66. The van der Waals surface area contributed by atoms with Gasteiger partial charge in [-0.3, -0.25) is 4.79 Å². The van der Waals surface area contributed by atoms with Crippen LogP contribution in [0.2, 0.25) is 0 Å². The first kappa shape index (κ1) is 14.3. The van der Waals surface area contributed by atoms with Crippen molar-refractivity contribution < 1.29 is 9.53 Å². The lowest BCUT2D eigenvalue weighted by Crippen LogP contribution is -2.26. The van der Waals surface area contributed by atoms with Gasteiger partial charge >= 0.3 is 0 Å². The monoisotopic (exact) mass is 248 g/mol. The highest BCUT2D eigenvalue weighted by Crippen LogP contribution is 2.17. The molecule has 0 unspecified atom stereocenters. The standard InChI is InChI=1S/C14H20N2O2/c1-3-10-18-13-7-5-4-6-12(13)11-16-14(17)8-9-15-2/h3-7,15H,1,8-11H2,2H3,(H,16,17). The molecule has 0 aliphatic rings. The van der Waals surface area contributed by atoms with Crippen LogP contribution >= 0.6 is 0 Å². The number of carbonyl (C=O) groups excluding carboxylic acids is 1. The van der Waals surface area contributed by atoms with Gasteiger partial charge in [0.2, 0.25) is 5.91 Å². The van der Waals surface area contributed by atoms with Crippen LogP contribution < -0.4 is 15.4 Å². The number of carbonyl (C=O) groups is 1. The van der Waals surface area contributed by atoms with Gasteiger partial charge in [-0.15, -0.1) is 0 Å². The third kappa shape index (κ3) is 5.01. The van der Waals surface area contributed by atoms with Gasteiger partial charge in [-0.2, -0.15) is 0 Å². The Hall–Kier alpha value is -1.81. The maximum atomic E-state index is 11.5. The Labute approximate surface area is 108 Å². The maximum absolute atomic E-state index is 11.5. The van der Waals surface area contributed by atoms with Crippen LogP contribution in [0.1, 0.15) is 12.0 Å². The highest BCUT2D eigenvalue weighted by Gasteiger charge is 2.04. The molecule has 0 fully saturated rings. The van der Waals surface area contributed by atoms with Crippen molar-refractivity contribution >= 4 is 5.91 Å². The molecule has 4 nitrogen and oxygen atoms in total. The van der Waals surface area contributed by atoms with Gasteiger partial charge in [-0.05, 0) is 13.1 Å². The Morgan fingerprint density at radius 2 is 2.22 bits per heavy atom. The molecule has 0 aliphatic heterocycles. The Kier molecular flexibility index (Phi) is 6.58. The zero-order chi connectivity index (χ0) is 13.2. The molecule has 0 spiro atoms. The van der Waals surface area contributed by atoms with E-state index in [1.807, 2.05) is 31.3 Å². The summed E-state index contributed by atoms with van der Waals surface area (Å²) in [6.07, 6.45) is 2.18. The molecule has 0 atom stereocenters. The van der Waals surface area contributed by atoms with Gasteiger partial charge in [0, 0.05) is 25.1 Å². The Morgan fingerprint density at radius 3 is 2.94 bits per heavy atom. The predicted molar refractivity (Wildman–Crippen MR) is 72.5 cm³/mol. The Balaban J connectivity index is 2.50. The first-order valence-electron chi connectivity index (χ1n) is 6.00. The molecule has 1 aromatic rings. The number of benzene rings is 1. The van der Waals surface area contributed by atoms with Gasteiger partial charge in [-0.25, -0.2) is 0 Å². The molecule has 2 N–H and O–H groups in total. The SMILES string of the molecule is C=CCOc1ccccc1CNC(=O)CCNC. The van der Waals surface area contributed by atoms with Crippen molar-refractivity contribution in [2.45, 2.75) is 13.0 Å². The maximum Gasteiger partial charge on any atom is 0.221 e. The van der Waals surface area contributed by atoms with E-state index in [-0.39, 0.29) is 5.91 Å². The Morgan fingerprint density at radius 1 is 1.44 bits per heavy atom. The smallest absolute Gasteiger partial charge is 0.221 e. The molecule has 0 radical (unpaired) electrons. The van der Waals surface area contributed by atoms with Crippen LogP contribution in [0.3, 0.4) is 0 Å². The second-order valence-corrected chi connectivity index (χ2v) is 3.84. The Bertz CT molecular complexity index is 391. The van der Waals surface area contributed by atoms with E-state index >= 15 is 0 Å². The van der Waals surface area contributed by atoms with Gasteiger partial charge in [0.05, 0.1) is 0 Å². The molecule has 1 amide bonds. The number of para-hydroxylation sites is 1. The lowest BCUT2D eigenvalue weighted by Gasteiger charge is -2.11. The molecule has 0 saturated carbocycles. The van der Waals surface area contributed by atoms with Crippen molar-refractivity contribution in [3.05, 3.63) is 42.5 Å². The molecule has 4 heteroatoms. The van der Waals surface area contributed by atoms with Crippen molar-refractivity contribution in [3.63, 3.8) is 0 Å². The zero-order valence-electron chi connectivity index (χ0n) is 10.7. The zero-order valence-corrected chi connectivity index (χ0v) is 10.7. The van der Waals surface area contributed by atoms with Crippen LogP contribution in [-0.2, 0) is 11.3 Å². The van der Waals surface area contributed by atoms with E-state index in [4.69, 9.17) is 4.74 Å². The fraction of sp³-hybridized carbons (Fsp3) is 0.357. The minimum absolute atomic E-state index is 0.0304. The lowest BCUT2D eigenvalue weighted by molar-refractivity contribution is -0.121. The normalized spacial score (nSPS) is 9.83. The highest BCUT2D eigenvalue weighted by molar-refractivity contribution is 5.76. The van der Waals surface area contributed by atoms with Crippen LogP contribution in [-0.4, -0.2) is 26.1 Å². The summed E-state index contributed by atoms with van der Waals surface area (Å²) in [4.78, 5) is 11.5. The van der Waals surface area contributed by atoms with E-state index in [1.54, 1.807) is 6.08 Å². The number of nitrogens with one attached hydrogen (secondary N) is 2. The molecule has 0 heterocycles. The molecule has 0 bridgehead atoms. The van der Waals surface area contributed by atoms with Crippen molar-refractivity contribution in [2.75, 3.05) is 20.2 Å². The van der Waals surface area contributed by atoms with Crippen molar-refractivity contribution in [2.24, 2.45) is 0 Å². The fourth-order valence-electron chi connectivity index (χ4n) is 1.46. The van der Waals surface area contributed by atoms with Crippen LogP contribution in [0.15, 0.2) is 36.9 Å². The lowest BCUT2D eigenvalue weighted by atomic mass is 10.2. The average Bonchev–Trinajstić information content (AvgIpc) is 2.41. The van der Waals surface area contributed by atoms with Crippen molar-refractivity contribution in [3.8, 4) is 5.75 Å². The molecular weight excluding hydrogens is 228 g/mol. The van der Waals surface area contributed by atoms with E-state index < -0.39 is 0 Å². The van der Waals surface area contributed by atoms with Crippen LogP contribution in [0.5, 0.6) is 5.75 Å². The number of rotatable bonds is 8. The first-order valence-corrected chi connectivity index (χ1v) is 6.00. The van der Waals surface area contributed by atoms with Crippen molar-refractivity contribution in [1.29, 1.82) is 0 Å². The van der Waals surface area contributed by atoms with Gasteiger partial charge in [-0.1, -0.05) is 30.9 Å². The molecule has 0 saturated heterocycles. The highest BCUT2D eigenvalue weighted by atomic mass is 16.5. The largest absolute Gasteiger partial charge is 0.489 e. The first-order chi connectivity index (χ1) is 8.77. The van der Waals surface area contributed by atoms with E-state index in [2.05, 4.69) is 17.2 Å². The molecule has 98 valence electrons. The molecule has 1 aromatic carbocycles. The summed E-state index contributed by atoms with van der Waals surface area (Å²) in [5, 5.41) is 5.81. The third-order valence-corrected chi connectivity index (χ3v) is 2.41. The summed E-state index contributed by atoms with van der Waals surface area (Å²) in [7, 11) is 1.83. The minimum Gasteiger partial charge on any atom is -0.489 e. The summed E-state index contributed by atoms with van der Waals surface area (Å²) in [5.41, 5.74) is 0.970. The summed E-state index contributed by atoms with van der Waals surface area (Å²) in [5.74, 6) is 0.814. The van der Waals surface area contributed by atoms with Crippen LogP contribution in [0, 0.1) is 0 Å². The van der Waals surface area contributed by atoms with Crippen LogP contribution in [0.25, 0.3) is 0 Å². The van der Waals surface area contributed by atoms with E-state index in [9.17, 15) is 4.79 Å². The number of hydrogen-bond acceptors (Lipinski definition) is 3. The van der Waals surface area contributed by atoms with Gasteiger partial charge in [0.15, 0.2) is 0 Å². The summed E-state index contributed by atoms with van der Waals surface area (Å²) < 4.78 is 5.52. The summed E-state index contributed by atoms with van der Waals surface area (Å²) >= 11 is 0. The summed E-state index contributed by atoms with van der Waals surface area (Å²) in [6.45, 7) is 5.24. The van der Waals surface area contributed by atoms with Crippen LogP contribution in [0.4, 0.5) is 0 Å².